The Labute approximate surface area is 82.0 Å². The Morgan fingerprint density at radius 1 is 1.50 bits per heavy atom. The van der Waals surface area contributed by atoms with Gasteiger partial charge in [-0.25, -0.2) is 0 Å². The molecule has 3 heteroatoms. The molecule has 0 heterocycles. The van der Waals surface area contributed by atoms with Crippen molar-refractivity contribution in [1.82, 2.24) is 0 Å². The van der Waals surface area contributed by atoms with Crippen molar-refractivity contribution in [2.45, 2.75) is 13.8 Å². The molecular weight excluding hydrogens is 178 g/mol. The third-order valence-corrected chi connectivity index (χ3v) is 1.93. The van der Waals surface area contributed by atoms with Gasteiger partial charge >= 0.3 is 0 Å². The fourth-order valence-corrected chi connectivity index (χ4v) is 1.31. The molecule has 1 rings (SSSR count). The first-order valence-corrected chi connectivity index (χ1v) is 4.11. The molecule has 0 atom stereocenters. The number of hydrogen-bond acceptors (Lipinski definition) is 3. The fourth-order valence-electron chi connectivity index (χ4n) is 1.31. The highest BCUT2D eigenvalue weighted by molar-refractivity contribution is 5.99. The highest BCUT2D eigenvalue weighted by atomic mass is 16.1. The van der Waals surface area contributed by atoms with Crippen LogP contribution in [0.15, 0.2) is 12.1 Å². The smallest absolute Gasteiger partial charge is 0.161 e. The van der Waals surface area contributed by atoms with E-state index < -0.39 is 0 Å². The first-order valence-electron chi connectivity index (χ1n) is 4.11. The summed E-state index contributed by atoms with van der Waals surface area (Å²) in [5.41, 5.74) is 1.56. The maximum absolute atomic E-state index is 11.2. The molecule has 0 saturated carbocycles. The zero-order chi connectivity index (χ0) is 10.7. The van der Waals surface area contributed by atoms with Crippen LogP contribution in [0.4, 0.5) is 0 Å². The van der Waals surface area contributed by atoms with Gasteiger partial charge in [0.1, 0.15) is 6.07 Å². The topological polar surface area (TPSA) is 57.9 Å². The molecule has 0 saturated heterocycles. The molecule has 0 aromatic heterocycles. The van der Waals surface area contributed by atoms with Crippen LogP contribution in [-0.2, 0) is 0 Å². The van der Waals surface area contributed by atoms with Gasteiger partial charge in [-0.1, -0.05) is 0 Å². The van der Waals surface area contributed by atoms with Gasteiger partial charge in [-0.15, -0.1) is 0 Å². The average molecular weight is 187 g/mol. The first kappa shape index (κ1) is 10.1. The lowest BCUT2D eigenvalue weighted by Crippen LogP contribution is -2.01. The average Bonchev–Trinajstić information content (AvgIpc) is 2.16. The minimum Gasteiger partial charge on any atom is -0.298 e. The molecule has 0 amide bonds. The minimum absolute atomic E-state index is 0.165. The summed E-state index contributed by atoms with van der Waals surface area (Å²) in [5, 5.41) is 8.81. The molecule has 0 fully saturated rings. The highest BCUT2D eigenvalue weighted by Gasteiger charge is 2.11. The molecule has 0 aliphatic carbocycles. The predicted octanol–water partition coefficient (Wildman–Crippen LogP) is 1.88. The quantitative estimate of drug-likeness (QED) is 0.524. The molecular formula is C11H9NO2. The second-order valence-electron chi connectivity index (χ2n) is 3.06. The Morgan fingerprint density at radius 3 is 2.57 bits per heavy atom. The normalized spacial score (nSPS) is 9.21. The van der Waals surface area contributed by atoms with E-state index in [1.165, 1.54) is 6.92 Å². The summed E-state index contributed by atoms with van der Waals surface area (Å²) >= 11 is 0. The number of nitriles is 1. The summed E-state index contributed by atoms with van der Waals surface area (Å²) in [4.78, 5) is 21.8. The van der Waals surface area contributed by atoms with Crippen molar-refractivity contribution in [3.63, 3.8) is 0 Å². The predicted molar refractivity (Wildman–Crippen MR) is 51.3 cm³/mol. The molecule has 0 radical (unpaired) electrons. The van der Waals surface area contributed by atoms with Crippen LogP contribution in [0.1, 0.15) is 38.8 Å². The molecule has 1 aromatic carbocycles. The second kappa shape index (κ2) is 3.84. The fraction of sp³-hybridized carbons (Fsp3) is 0.182. The molecule has 70 valence electrons. The number of rotatable bonds is 2. The van der Waals surface area contributed by atoms with Crippen LogP contribution in [-0.4, -0.2) is 12.1 Å². The van der Waals surface area contributed by atoms with Crippen LogP contribution in [0.2, 0.25) is 0 Å². The number of hydrogen-bond donors (Lipinski definition) is 0. The molecule has 0 bridgehead atoms. The van der Waals surface area contributed by atoms with Crippen LogP contribution in [0.5, 0.6) is 0 Å². The van der Waals surface area contributed by atoms with Gasteiger partial charge in [-0.3, -0.25) is 9.59 Å². The molecule has 3 nitrogen and oxygen atoms in total. The number of carbonyl (C=O) groups excluding carboxylic acids is 2. The molecule has 0 aliphatic rings. The Hall–Kier alpha value is -1.95. The summed E-state index contributed by atoms with van der Waals surface area (Å²) < 4.78 is 0. The highest BCUT2D eigenvalue weighted by Crippen LogP contribution is 2.16. The lowest BCUT2D eigenvalue weighted by Gasteiger charge is -2.03. The van der Waals surface area contributed by atoms with Crippen molar-refractivity contribution in [3.8, 4) is 6.07 Å². The Balaban J connectivity index is 3.57. The lowest BCUT2D eigenvalue weighted by atomic mass is 9.97. The van der Waals surface area contributed by atoms with E-state index >= 15 is 0 Å². The van der Waals surface area contributed by atoms with E-state index in [1.54, 1.807) is 19.1 Å². The number of carbonyl (C=O) groups is 2. The molecule has 0 spiro atoms. The summed E-state index contributed by atoms with van der Waals surface area (Å²) in [7, 11) is 0. The number of ketones is 1. The second-order valence-corrected chi connectivity index (χ2v) is 3.06. The summed E-state index contributed by atoms with van der Waals surface area (Å²) in [6.07, 6.45) is 0.595. The zero-order valence-electron chi connectivity index (χ0n) is 8.00. The lowest BCUT2D eigenvalue weighted by molar-refractivity contribution is 0.101. The monoisotopic (exact) mass is 187 g/mol. The van der Waals surface area contributed by atoms with Crippen LogP contribution < -0.4 is 0 Å². The van der Waals surface area contributed by atoms with E-state index in [2.05, 4.69) is 0 Å². The van der Waals surface area contributed by atoms with Gasteiger partial charge in [0.15, 0.2) is 12.1 Å². The van der Waals surface area contributed by atoms with Gasteiger partial charge in [0.25, 0.3) is 0 Å². The van der Waals surface area contributed by atoms with Gasteiger partial charge in [0.05, 0.1) is 5.56 Å². The Morgan fingerprint density at radius 2 is 2.14 bits per heavy atom. The van der Waals surface area contributed by atoms with Crippen molar-refractivity contribution >= 4 is 12.1 Å². The van der Waals surface area contributed by atoms with Crippen LogP contribution in [0.25, 0.3) is 0 Å². The molecule has 0 aliphatic heterocycles. The first-order chi connectivity index (χ1) is 6.60. The van der Waals surface area contributed by atoms with Gasteiger partial charge in [0, 0.05) is 11.1 Å². The number of nitrogens with zero attached hydrogens (tertiary/aromatic N) is 1. The van der Waals surface area contributed by atoms with Gasteiger partial charge in [-0.05, 0) is 31.5 Å². The molecule has 14 heavy (non-hydrogen) atoms. The zero-order valence-corrected chi connectivity index (χ0v) is 8.00. The van der Waals surface area contributed by atoms with E-state index in [0.29, 0.717) is 11.8 Å². The standard InChI is InChI=1S/C11H9NO2/c1-7-3-9(6-13)11(5-12)10(4-7)8(2)14/h3-4,6H,1-2H3. The maximum atomic E-state index is 11.2. The van der Waals surface area contributed by atoms with Crippen LogP contribution >= 0.6 is 0 Å². The van der Waals surface area contributed by atoms with Crippen molar-refractivity contribution in [3.05, 3.63) is 34.4 Å². The third-order valence-electron chi connectivity index (χ3n) is 1.93. The number of aldehydes is 1. The molecule has 0 N–H and O–H groups in total. The van der Waals surface area contributed by atoms with Crippen LogP contribution in [0, 0.1) is 18.3 Å². The Bertz CT molecular complexity index is 441. The Kier molecular flexibility index (Phi) is 2.78. The van der Waals surface area contributed by atoms with E-state index in [4.69, 9.17) is 5.26 Å². The summed E-state index contributed by atoms with van der Waals surface area (Å²) in [6, 6.07) is 5.09. The van der Waals surface area contributed by atoms with Crippen LogP contribution in [0.3, 0.4) is 0 Å². The van der Waals surface area contributed by atoms with Crippen molar-refractivity contribution in [1.29, 1.82) is 5.26 Å². The number of aryl methyl sites for hydroxylation is 1. The largest absolute Gasteiger partial charge is 0.298 e. The van der Waals surface area contributed by atoms with Gasteiger partial charge in [-0.2, -0.15) is 5.26 Å². The van der Waals surface area contributed by atoms with E-state index in [9.17, 15) is 9.59 Å². The number of benzene rings is 1. The summed E-state index contributed by atoms with van der Waals surface area (Å²) in [5.74, 6) is -0.201. The number of Topliss-reactive ketones (excluding diaryl/α,β-unsaturated/α-hetero) is 1. The molecule has 0 unspecified atom stereocenters. The third kappa shape index (κ3) is 1.69. The maximum Gasteiger partial charge on any atom is 0.161 e. The van der Waals surface area contributed by atoms with Crippen molar-refractivity contribution in [2.24, 2.45) is 0 Å². The van der Waals surface area contributed by atoms with Gasteiger partial charge < -0.3 is 0 Å². The summed E-state index contributed by atoms with van der Waals surface area (Å²) in [6.45, 7) is 3.16. The minimum atomic E-state index is -0.201. The SMILES string of the molecule is CC(=O)c1cc(C)cc(C=O)c1C#N. The van der Waals surface area contributed by atoms with Crippen molar-refractivity contribution in [2.75, 3.05) is 0 Å². The van der Waals surface area contributed by atoms with Crippen molar-refractivity contribution < 1.29 is 9.59 Å². The van der Waals surface area contributed by atoms with E-state index in [0.717, 1.165) is 5.56 Å². The van der Waals surface area contributed by atoms with E-state index in [-0.39, 0.29) is 16.9 Å². The van der Waals surface area contributed by atoms with E-state index in [1.807, 2.05) is 6.07 Å². The van der Waals surface area contributed by atoms with Gasteiger partial charge in [0.2, 0.25) is 0 Å². The molecule has 1 aromatic rings.